The van der Waals surface area contributed by atoms with E-state index in [1.54, 1.807) is 0 Å². The van der Waals surface area contributed by atoms with Crippen LogP contribution in [0.5, 0.6) is 0 Å². The normalized spacial score (nSPS) is 16.1. The van der Waals surface area contributed by atoms with Crippen LogP contribution in [0.3, 0.4) is 0 Å². The van der Waals surface area contributed by atoms with Crippen LogP contribution in [0.4, 0.5) is 5.82 Å². The Balaban J connectivity index is 1.83. The van der Waals surface area contributed by atoms with Crippen molar-refractivity contribution < 1.29 is 0 Å². The van der Waals surface area contributed by atoms with Gasteiger partial charge in [0.2, 0.25) is 0 Å². The lowest BCUT2D eigenvalue weighted by molar-refractivity contribution is 0.478. The predicted octanol–water partition coefficient (Wildman–Crippen LogP) is 2.62. The van der Waals surface area contributed by atoms with Crippen molar-refractivity contribution >= 4 is 5.82 Å². The second kappa shape index (κ2) is 6.01. The van der Waals surface area contributed by atoms with Crippen LogP contribution in [0.2, 0.25) is 0 Å². The average Bonchev–Trinajstić information content (AvgIpc) is 2.49. The molecule has 0 unspecified atom stereocenters. The summed E-state index contributed by atoms with van der Waals surface area (Å²) in [5.74, 6) is 1.74. The smallest absolute Gasteiger partial charge is 0.130 e. The topological polar surface area (TPSA) is 49.8 Å². The fraction of sp³-hybridized carbons (Fsp3) is 0.375. The van der Waals surface area contributed by atoms with Crippen LogP contribution in [-0.2, 0) is 0 Å². The highest BCUT2D eigenvalue weighted by Crippen LogP contribution is 2.20. The number of benzene rings is 1. The van der Waals surface area contributed by atoms with Gasteiger partial charge in [0.1, 0.15) is 11.6 Å². The van der Waals surface area contributed by atoms with Gasteiger partial charge in [-0.1, -0.05) is 30.3 Å². The van der Waals surface area contributed by atoms with E-state index in [-0.39, 0.29) is 0 Å². The number of nitrogens with zero attached hydrogens (tertiary/aromatic N) is 2. The molecule has 1 aliphatic rings. The van der Waals surface area contributed by atoms with Crippen molar-refractivity contribution in [3.8, 4) is 11.3 Å². The number of piperidine rings is 1. The monoisotopic (exact) mass is 268 g/mol. The van der Waals surface area contributed by atoms with E-state index in [9.17, 15) is 0 Å². The van der Waals surface area contributed by atoms with Crippen molar-refractivity contribution in [2.24, 2.45) is 0 Å². The molecule has 1 aromatic heterocycles. The molecule has 4 heteroatoms. The Morgan fingerprint density at radius 3 is 2.60 bits per heavy atom. The summed E-state index contributed by atoms with van der Waals surface area (Å²) in [4.78, 5) is 9.04. The molecule has 0 atom stereocenters. The first kappa shape index (κ1) is 13.1. The summed E-state index contributed by atoms with van der Waals surface area (Å²) < 4.78 is 0. The number of aryl methyl sites for hydroxylation is 1. The van der Waals surface area contributed by atoms with Gasteiger partial charge in [0, 0.05) is 17.7 Å². The summed E-state index contributed by atoms with van der Waals surface area (Å²) in [5, 5.41) is 6.92. The second-order valence-electron chi connectivity index (χ2n) is 5.22. The molecule has 2 aromatic rings. The van der Waals surface area contributed by atoms with Crippen LogP contribution >= 0.6 is 0 Å². The third kappa shape index (κ3) is 3.14. The highest BCUT2D eigenvalue weighted by atomic mass is 15.1. The summed E-state index contributed by atoms with van der Waals surface area (Å²) in [6.07, 6.45) is 2.29. The summed E-state index contributed by atoms with van der Waals surface area (Å²) in [7, 11) is 0. The number of rotatable bonds is 3. The quantitative estimate of drug-likeness (QED) is 0.898. The molecule has 2 N–H and O–H groups in total. The fourth-order valence-electron chi connectivity index (χ4n) is 2.57. The molecule has 104 valence electrons. The van der Waals surface area contributed by atoms with Gasteiger partial charge in [-0.2, -0.15) is 0 Å². The van der Waals surface area contributed by atoms with Gasteiger partial charge >= 0.3 is 0 Å². The molecule has 2 heterocycles. The maximum Gasteiger partial charge on any atom is 0.130 e. The van der Waals surface area contributed by atoms with E-state index >= 15 is 0 Å². The second-order valence-corrected chi connectivity index (χ2v) is 5.22. The van der Waals surface area contributed by atoms with Gasteiger partial charge in [-0.3, -0.25) is 0 Å². The molecule has 0 amide bonds. The molecule has 1 aliphatic heterocycles. The summed E-state index contributed by atoms with van der Waals surface area (Å²) in [6.45, 7) is 4.10. The first-order valence-corrected chi connectivity index (χ1v) is 7.19. The maximum absolute atomic E-state index is 4.53. The van der Waals surface area contributed by atoms with E-state index in [0.717, 1.165) is 48.8 Å². The Kier molecular flexibility index (Phi) is 3.92. The Hall–Kier alpha value is -1.94. The van der Waals surface area contributed by atoms with E-state index in [4.69, 9.17) is 0 Å². The van der Waals surface area contributed by atoms with Crippen LogP contribution in [0.25, 0.3) is 11.3 Å². The molecule has 1 aromatic carbocycles. The summed E-state index contributed by atoms with van der Waals surface area (Å²) >= 11 is 0. The third-order valence-corrected chi connectivity index (χ3v) is 3.60. The van der Waals surface area contributed by atoms with Crippen LogP contribution in [-0.4, -0.2) is 29.1 Å². The number of anilines is 1. The molecule has 0 saturated carbocycles. The number of hydrogen-bond donors (Lipinski definition) is 2. The van der Waals surface area contributed by atoms with E-state index in [2.05, 4.69) is 32.7 Å². The minimum atomic E-state index is 0.508. The van der Waals surface area contributed by atoms with Crippen molar-refractivity contribution in [3.05, 3.63) is 42.2 Å². The molecule has 4 nitrogen and oxygen atoms in total. The zero-order chi connectivity index (χ0) is 13.8. The molecule has 3 rings (SSSR count). The van der Waals surface area contributed by atoms with Crippen LogP contribution in [0.15, 0.2) is 36.4 Å². The molecule has 20 heavy (non-hydrogen) atoms. The lowest BCUT2D eigenvalue weighted by Gasteiger charge is -2.24. The van der Waals surface area contributed by atoms with E-state index in [0.29, 0.717) is 6.04 Å². The van der Waals surface area contributed by atoms with Gasteiger partial charge in [-0.25, -0.2) is 9.97 Å². The average molecular weight is 268 g/mol. The van der Waals surface area contributed by atoms with Gasteiger partial charge in [-0.05, 0) is 32.9 Å². The summed E-state index contributed by atoms with van der Waals surface area (Å²) in [5.41, 5.74) is 2.11. The first-order valence-electron chi connectivity index (χ1n) is 7.19. The maximum atomic E-state index is 4.53. The van der Waals surface area contributed by atoms with Gasteiger partial charge in [0.05, 0.1) is 5.69 Å². The zero-order valence-corrected chi connectivity index (χ0v) is 11.8. The minimum Gasteiger partial charge on any atom is -0.367 e. The lowest BCUT2D eigenvalue weighted by atomic mass is 10.1. The molecule has 1 saturated heterocycles. The fourth-order valence-corrected chi connectivity index (χ4v) is 2.57. The third-order valence-electron chi connectivity index (χ3n) is 3.60. The molecule has 0 bridgehead atoms. The van der Waals surface area contributed by atoms with Gasteiger partial charge in [-0.15, -0.1) is 0 Å². The van der Waals surface area contributed by atoms with Crippen LogP contribution < -0.4 is 10.6 Å². The largest absolute Gasteiger partial charge is 0.367 e. The van der Waals surface area contributed by atoms with E-state index in [1.165, 1.54) is 0 Å². The van der Waals surface area contributed by atoms with E-state index in [1.807, 2.05) is 31.2 Å². The predicted molar refractivity (Wildman–Crippen MR) is 81.7 cm³/mol. The molecule has 0 radical (unpaired) electrons. The Labute approximate surface area is 119 Å². The minimum absolute atomic E-state index is 0.508. The van der Waals surface area contributed by atoms with E-state index < -0.39 is 0 Å². The highest BCUT2D eigenvalue weighted by molar-refractivity contribution is 5.62. The van der Waals surface area contributed by atoms with Crippen LogP contribution in [0, 0.1) is 6.92 Å². The van der Waals surface area contributed by atoms with Gasteiger partial charge < -0.3 is 10.6 Å². The van der Waals surface area contributed by atoms with Crippen molar-refractivity contribution in [3.63, 3.8) is 0 Å². The first-order chi connectivity index (χ1) is 9.81. The Bertz CT molecular complexity index is 562. The van der Waals surface area contributed by atoms with Crippen molar-refractivity contribution in [1.82, 2.24) is 15.3 Å². The standard InChI is InChI=1S/C16H20N4/c1-12-18-15(13-5-3-2-4-6-13)11-16(19-12)20-14-7-9-17-10-8-14/h2-6,11,14,17H,7-10H2,1H3,(H,18,19,20). The van der Waals surface area contributed by atoms with Crippen molar-refractivity contribution in [2.75, 3.05) is 18.4 Å². The Morgan fingerprint density at radius 1 is 1.10 bits per heavy atom. The molecule has 0 aliphatic carbocycles. The van der Waals surface area contributed by atoms with Crippen molar-refractivity contribution in [1.29, 1.82) is 0 Å². The number of nitrogens with one attached hydrogen (secondary N) is 2. The SMILES string of the molecule is Cc1nc(NC2CCNCC2)cc(-c2ccccc2)n1. The van der Waals surface area contributed by atoms with Crippen molar-refractivity contribution in [2.45, 2.75) is 25.8 Å². The molecular formula is C16H20N4. The molecule has 0 spiro atoms. The molecular weight excluding hydrogens is 248 g/mol. The van der Waals surface area contributed by atoms with Crippen LogP contribution in [0.1, 0.15) is 18.7 Å². The van der Waals surface area contributed by atoms with Gasteiger partial charge in [0.15, 0.2) is 0 Å². The zero-order valence-electron chi connectivity index (χ0n) is 11.8. The lowest BCUT2D eigenvalue weighted by Crippen LogP contribution is -2.35. The highest BCUT2D eigenvalue weighted by Gasteiger charge is 2.14. The Morgan fingerprint density at radius 2 is 1.85 bits per heavy atom. The molecule has 1 fully saturated rings. The number of aromatic nitrogens is 2. The number of hydrogen-bond acceptors (Lipinski definition) is 4. The van der Waals surface area contributed by atoms with Gasteiger partial charge in [0.25, 0.3) is 0 Å². The summed E-state index contributed by atoms with van der Waals surface area (Å²) in [6, 6.07) is 12.8.